The fraction of sp³-hybridized carbons (Fsp3) is 0.391. The maximum atomic E-state index is 12.7. The van der Waals surface area contributed by atoms with Crippen LogP contribution >= 0.6 is 24.0 Å². The molecule has 0 spiro atoms. The van der Waals surface area contributed by atoms with Gasteiger partial charge in [-0.15, -0.1) is 24.0 Å². The van der Waals surface area contributed by atoms with Gasteiger partial charge in [-0.2, -0.15) is 8.78 Å². The van der Waals surface area contributed by atoms with E-state index in [0.29, 0.717) is 31.0 Å². The van der Waals surface area contributed by atoms with E-state index in [1.165, 1.54) is 0 Å². The standard InChI is InChI=1S/C23H28F2N4O2.HI/c1-16-9-10-20(31-22(24)25)19(12-16)14-28-23(26-2)27-13-17-6-3-4-7-18(17)15-29-11-5-8-21(29)30;/h3-4,6-7,9-10,12,22H,5,8,11,13-15H2,1-2H3,(H2,26,27,28);1H. The predicted molar refractivity (Wildman–Crippen MR) is 131 cm³/mol. The van der Waals surface area contributed by atoms with E-state index < -0.39 is 6.61 Å². The summed E-state index contributed by atoms with van der Waals surface area (Å²) in [4.78, 5) is 18.1. The van der Waals surface area contributed by atoms with Gasteiger partial charge in [0.2, 0.25) is 5.91 Å². The molecule has 1 aliphatic heterocycles. The summed E-state index contributed by atoms with van der Waals surface area (Å²) in [6, 6.07) is 13.1. The molecule has 6 nitrogen and oxygen atoms in total. The molecule has 0 aromatic heterocycles. The summed E-state index contributed by atoms with van der Waals surface area (Å²) in [5.41, 5.74) is 3.73. The lowest BCUT2D eigenvalue weighted by Crippen LogP contribution is -2.36. The van der Waals surface area contributed by atoms with Gasteiger partial charge in [-0.05, 0) is 30.5 Å². The molecule has 1 amide bonds. The van der Waals surface area contributed by atoms with Crippen LogP contribution in [0.25, 0.3) is 0 Å². The first-order valence-corrected chi connectivity index (χ1v) is 10.3. The Morgan fingerprint density at radius 1 is 1.12 bits per heavy atom. The Bertz CT molecular complexity index is 940. The number of carbonyl (C=O) groups excluding carboxylic acids is 1. The molecule has 0 bridgehead atoms. The minimum atomic E-state index is -2.88. The van der Waals surface area contributed by atoms with Crippen LogP contribution < -0.4 is 15.4 Å². The fourth-order valence-corrected chi connectivity index (χ4v) is 3.60. The number of guanidine groups is 1. The second-order valence-electron chi connectivity index (χ2n) is 7.46. The van der Waals surface area contributed by atoms with Crippen molar-refractivity contribution in [3.05, 3.63) is 64.7 Å². The molecule has 2 N–H and O–H groups in total. The average molecular weight is 558 g/mol. The number of halogens is 3. The first-order valence-electron chi connectivity index (χ1n) is 10.3. The smallest absolute Gasteiger partial charge is 0.387 e. The van der Waals surface area contributed by atoms with E-state index >= 15 is 0 Å². The molecule has 0 unspecified atom stereocenters. The van der Waals surface area contributed by atoms with Gasteiger partial charge in [-0.3, -0.25) is 9.79 Å². The highest BCUT2D eigenvalue weighted by atomic mass is 127. The molecule has 2 aromatic rings. The summed E-state index contributed by atoms with van der Waals surface area (Å²) < 4.78 is 30.0. The van der Waals surface area contributed by atoms with E-state index in [0.717, 1.165) is 29.7 Å². The number of carbonyl (C=O) groups is 1. The molecule has 2 aromatic carbocycles. The molecule has 9 heteroatoms. The van der Waals surface area contributed by atoms with Gasteiger partial charge in [0.1, 0.15) is 5.75 Å². The van der Waals surface area contributed by atoms with E-state index in [4.69, 9.17) is 0 Å². The van der Waals surface area contributed by atoms with Crippen LogP contribution in [0.4, 0.5) is 8.78 Å². The zero-order chi connectivity index (χ0) is 22.2. The van der Waals surface area contributed by atoms with Crippen molar-refractivity contribution in [1.29, 1.82) is 0 Å². The number of aliphatic imine (C=N–C) groups is 1. The molecule has 32 heavy (non-hydrogen) atoms. The number of rotatable bonds is 8. The molecular weight excluding hydrogens is 529 g/mol. The topological polar surface area (TPSA) is 66.0 Å². The van der Waals surface area contributed by atoms with Crippen molar-refractivity contribution in [2.24, 2.45) is 4.99 Å². The molecule has 0 saturated carbocycles. The number of amides is 1. The lowest BCUT2D eigenvalue weighted by Gasteiger charge is -2.19. The van der Waals surface area contributed by atoms with E-state index in [1.54, 1.807) is 25.2 Å². The van der Waals surface area contributed by atoms with E-state index in [-0.39, 0.29) is 42.2 Å². The van der Waals surface area contributed by atoms with Crippen LogP contribution in [0.2, 0.25) is 0 Å². The molecule has 174 valence electrons. The monoisotopic (exact) mass is 558 g/mol. The highest BCUT2D eigenvalue weighted by Crippen LogP contribution is 2.22. The first-order chi connectivity index (χ1) is 15.0. The van der Waals surface area contributed by atoms with Gasteiger partial charge in [0.25, 0.3) is 0 Å². The van der Waals surface area contributed by atoms with Crippen molar-refractivity contribution in [3.63, 3.8) is 0 Å². The second kappa shape index (κ2) is 12.6. The Morgan fingerprint density at radius 2 is 1.81 bits per heavy atom. The number of likely N-dealkylation sites (tertiary alicyclic amines) is 1. The van der Waals surface area contributed by atoms with Crippen molar-refractivity contribution >= 4 is 35.8 Å². The minimum Gasteiger partial charge on any atom is -0.434 e. The number of aryl methyl sites for hydroxylation is 1. The molecule has 0 atom stereocenters. The highest BCUT2D eigenvalue weighted by Gasteiger charge is 2.21. The van der Waals surface area contributed by atoms with Crippen LogP contribution in [0.5, 0.6) is 5.75 Å². The Balaban J connectivity index is 0.00000363. The van der Waals surface area contributed by atoms with Crippen molar-refractivity contribution < 1.29 is 18.3 Å². The molecule has 1 aliphatic rings. The second-order valence-corrected chi connectivity index (χ2v) is 7.46. The predicted octanol–water partition coefficient (Wildman–Crippen LogP) is 4.20. The Labute approximate surface area is 204 Å². The largest absolute Gasteiger partial charge is 0.434 e. The Morgan fingerprint density at radius 3 is 2.44 bits per heavy atom. The summed E-state index contributed by atoms with van der Waals surface area (Å²) in [6.45, 7) is 1.21. The molecular formula is C23H29F2IN4O2. The van der Waals surface area contributed by atoms with Crippen molar-refractivity contribution in [2.75, 3.05) is 13.6 Å². The van der Waals surface area contributed by atoms with Crippen LogP contribution in [-0.4, -0.2) is 37.0 Å². The third-order valence-electron chi connectivity index (χ3n) is 5.20. The minimum absolute atomic E-state index is 0. The van der Waals surface area contributed by atoms with E-state index in [2.05, 4.69) is 20.4 Å². The van der Waals surface area contributed by atoms with Gasteiger partial charge in [0.05, 0.1) is 0 Å². The number of nitrogens with one attached hydrogen (secondary N) is 2. The maximum absolute atomic E-state index is 12.7. The Kier molecular flexibility index (Phi) is 10.1. The third-order valence-corrected chi connectivity index (χ3v) is 5.20. The summed E-state index contributed by atoms with van der Waals surface area (Å²) in [7, 11) is 1.65. The van der Waals surface area contributed by atoms with Crippen LogP contribution in [0, 0.1) is 6.92 Å². The van der Waals surface area contributed by atoms with E-state index in [1.807, 2.05) is 36.1 Å². The summed E-state index contributed by atoms with van der Waals surface area (Å²) in [6.07, 6.45) is 1.53. The lowest BCUT2D eigenvalue weighted by molar-refractivity contribution is -0.128. The molecule has 1 fully saturated rings. The molecule has 1 saturated heterocycles. The SMILES string of the molecule is CN=C(NCc1ccccc1CN1CCCC1=O)NCc1cc(C)ccc1OC(F)F.I. The summed E-state index contributed by atoms with van der Waals surface area (Å²) >= 11 is 0. The number of benzene rings is 2. The molecule has 1 heterocycles. The van der Waals surface area contributed by atoms with Crippen LogP contribution in [0.3, 0.4) is 0 Å². The van der Waals surface area contributed by atoms with Crippen LogP contribution in [0.15, 0.2) is 47.5 Å². The third kappa shape index (κ3) is 7.32. The van der Waals surface area contributed by atoms with Gasteiger partial charge in [-0.25, -0.2) is 0 Å². The van der Waals surface area contributed by atoms with Crippen molar-refractivity contribution in [3.8, 4) is 5.75 Å². The van der Waals surface area contributed by atoms with Crippen LogP contribution in [0.1, 0.15) is 35.1 Å². The number of ether oxygens (including phenoxy) is 1. The fourth-order valence-electron chi connectivity index (χ4n) is 3.60. The van der Waals surface area contributed by atoms with E-state index in [9.17, 15) is 13.6 Å². The molecule has 0 radical (unpaired) electrons. The zero-order valence-corrected chi connectivity index (χ0v) is 20.6. The van der Waals surface area contributed by atoms with Gasteiger partial charge >= 0.3 is 6.61 Å². The number of alkyl halides is 2. The zero-order valence-electron chi connectivity index (χ0n) is 18.2. The highest BCUT2D eigenvalue weighted by molar-refractivity contribution is 14.0. The number of nitrogens with zero attached hydrogens (tertiary/aromatic N) is 2. The van der Waals surface area contributed by atoms with Gasteiger partial charge in [0.15, 0.2) is 5.96 Å². The van der Waals surface area contributed by atoms with Crippen LogP contribution in [-0.2, 0) is 24.4 Å². The summed E-state index contributed by atoms with van der Waals surface area (Å²) in [5.74, 6) is 0.876. The lowest BCUT2D eigenvalue weighted by atomic mass is 10.1. The molecule has 3 rings (SSSR count). The van der Waals surface area contributed by atoms with Crippen molar-refractivity contribution in [2.45, 2.75) is 46.0 Å². The number of hydrogen-bond donors (Lipinski definition) is 2. The molecule has 0 aliphatic carbocycles. The van der Waals surface area contributed by atoms with Crippen molar-refractivity contribution in [1.82, 2.24) is 15.5 Å². The quantitative estimate of drug-likeness (QED) is 0.290. The first kappa shape index (κ1) is 25.8. The number of hydrogen-bond acceptors (Lipinski definition) is 3. The normalized spacial score (nSPS) is 13.8. The maximum Gasteiger partial charge on any atom is 0.387 e. The Hall–Kier alpha value is -2.43. The average Bonchev–Trinajstić information content (AvgIpc) is 3.15. The van der Waals surface area contributed by atoms with Gasteiger partial charge in [0, 0.05) is 45.2 Å². The summed E-state index contributed by atoms with van der Waals surface area (Å²) in [5, 5.41) is 6.40. The van der Waals surface area contributed by atoms with Gasteiger partial charge in [-0.1, -0.05) is 42.0 Å². The van der Waals surface area contributed by atoms with Gasteiger partial charge < -0.3 is 20.3 Å².